The molecule has 1 aromatic rings. The molecule has 0 aromatic heterocycles. The highest BCUT2D eigenvalue weighted by atomic mass is 16.6. The van der Waals surface area contributed by atoms with Crippen molar-refractivity contribution in [1.29, 1.82) is 0 Å². The number of ether oxygens (including phenoxy) is 2. The summed E-state index contributed by atoms with van der Waals surface area (Å²) < 4.78 is 10.6. The second kappa shape index (κ2) is 4.33. The fraction of sp³-hybridized carbons (Fsp3) is 0.529. The van der Waals surface area contributed by atoms with Crippen molar-refractivity contribution in [2.24, 2.45) is 10.8 Å². The second-order valence-electron chi connectivity index (χ2n) is 7.10. The number of hydrogen-bond acceptors (Lipinski definition) is 4. The summed E-state index contributed by atoms with van der Waals surface area (Å²) in [5, 5.41) is 0. The van der Waals surface area contributed by atoms with Gasteiger partial charge in [-0.15, -0.1) is 0 Å². The molecule has 2 unspecified atom stereocenters. The summed E-state index contributed by atoms with van der Waals surface area (Å²) in [7, 11) is 0. The van der Waals surface area contributed by atoms with Crippen molar-refractivity contribution < 1.29 is 19.1 Å². The van der Waals surface area contributed by atoms with E-state index >= 15 is 0 Å². The van der Waals surface area contributed by atoms with E-state index < -0.39 is 28.4 Å². The molecule has 1 aliphatic carbocycles. The number of fused-ring (bicyclic) bond motifs is 1. The molecule has 1 heterocycles. The zero-order valence-corrected chi connectivity index (χ0v) is 12.6. The van der Waals surface area contributed by atoms with Gasteiger partial charge in [0.05, 0.1) is 6.61 Å². The van der Waals surface area contributed by atoms with Gasteiger partial charge in [-0.3, -0.25) is 9.59 Å². The maximum absolute atomic E-state index is 12.5. The molecule has 1 aliphatic heterocycles. The summed E-state index contributed by atoms with van der Waals surface area (Å²) >= 11 is 0. The molecule has 1 aromatic carbocycles. The number of esters is 2. The van der Waals surface area contributed by atoms with Gasteiger partial charge in [-0.05, 0) is 39.2 Å². The molecule has 0 amide bonds. The van der Waals surface area contributed by atoms with Crippen molar-refractivity contribution in [3.05, 3.63) is 35.9 Å². The minimum absolute atomic E-state index is 0.306. The van der Waals surface area contributed by atoms with Crippen molar-refractivity contribution in [3.63, 3.8) is 0 Å². The lowest BCUT2D eigenvalue weighted by atomic mass is 9.89. The number of carbonyl (C=O) groups is 2. The maximum atomic E-state index is 12.5. The maximum Gasteiger partial charge on any atom is 0.324 e. The summed E-state index contributed by atoms with van der Waals surface area (Å²) in [6.07, 6.45) is 1.20. The first-order valence-electron chi connectivity index (χ1n) is 7.24. The van der Waals surface area contributed by atoms with Crippen LogP contribution in [0.3, 0.4) is 0 Å². The zero-order valence-electron chi connectivity index (χ0n) is 12.6. The Balaban J connectivity index is 1.85. The van der Waals surface area contributed by atoms with Crippen LogP contribution in [-0.4, -0.2) is 24.1 Å². The van der Waals surface area contributed by atoms with E-state index in [1.165, 1.54) is 0 Å². The third kappa shape index (κ3) is 2.13. The van der Waals surface area contributed by atoms with Crippen LogP contribution in [0, 0.1) is 10.8 Å². The lowest BCUT2D eigenvalue weighted by molar-refractivity contribution is -0.168. The van der Waals surface area contributed by atoms with Crippen LogP contribution < -0.4 is 0 Å². The lowest BCUT2D eigenvalue weighted by Crippen LogP contribution is -2.35. The molecule has 0 spiro atoms. The first kappa shape index (κ1) is 14.1. The normalized spacial score (nSPS) is 30.5. The molecule has 2 atom stereocenters. The molecular formula is C17H20O4. The van der Waals surface area contributed by atoms with Crippen molar-refractivity contribution >= 4 is 11.9 Å². The Morgan fingerprint density at radius 1 is 1.29 bits per heavy atom. The van der Waals surface area contributed by atoms with Gasteiger partial charge in [-0.1, -0.05) is 30.3 Å². The highest BCUT2D eigenvalue weighted by Crippen LogP contribution is 2.70. The molecule has 0 radical (unpaired) electrons. The van der Waals surface area contributed by atoms with Crippen LogP contribution in [0.25, 0.3) is 0 Å². The molecule has 0 N–H and O–H groups in total. The Hall–Kier alpha value is -1.84. The first-order valence-corrected chi connectivity index (χ1v) is 7.24. The molecule has 0 bridgehead atoms. The van der Waals surface area contributed by atoms with Crippen LogP contribution in [0.5, 0.6) is 0 Å². The van der Waals surface area contributed by atoms with E-state index in [2.05, 4.69) is 0 Å². The number of rotatable bonds is 3. The van der Waals surface area contributed by atoms with Gasteiger partial charge in [0.2, 0.25) is 0 Å². The molecule has 3 rings (SSSR count). The van der Waals surface area contributed by atoms with Crippen LogP contribution in [0.2, 0.25) is 0 Å². The molecule has 1 saturated carbocycles. The van der Waals surface area contributed by atoms with E-state index in [0.717, 1.165) is 5.56 Å². The average molecular weight is 288 g/mol. The molecular weight excluding hydrogens is 268 g/mol. The Kier molecular flexibility index (Phi) is 2.91. The Morgan fingerprint density at radius 2 is 1.95 bits per heavy atom. The molecule has 1 saturated heterocycles. The zero-order chi connectivity index (χ0) is 15.3. The Morgan fingerprint density at radius 3 is 2.57 bits per heavy atom. The molecule has 2 fully saturated rings. The van der Waals surface area contributed by atoms with Gasteiger partial charge < -0.3 is 9.47 Å². The van der Waals surface area contributed by atoms with Crippen LogP contribution in [-0.2, 0) is 25.5 Å². The molecule has 21 heavy (non-hydrogen) atoms. The molecule has 4 nitrogen and oxygen atoms in total. The van der Waals surface area contributed by atoms with Crippen LogP contribution in [0.4, 0.5) is 0 Å². The number of cyclic esters (lactones) is 1. The smallest absolute Gasteiger partial charge is 0.324 e. The van der Waals surface area contributed by atoms with Crippen molar-refractivity contribution in [2.75, 3.05) is 6.61 Å². The van der Waals surface area contributed by atoms with Gasteiger partial charge in [-0.25, -0.2) is 0 Å². The summed E-state index contributed by atoms with van der Waals surface area (Å²) in [6.45, 7) is 5.73. The number of benzene rings is 1. The summed E-state index contributed by atoms with van der Waals surface area (Å²) in [6, 6.07) is 9.89. The standard InChI is InChI=1S/C17H20O4/c1-15(2,3)21-14(19)17-10-16(17,11-20-13(17)18)9-12-7-5-4-6-8-12/h4-8H,9-11H2,1-3H3. The number of carbonyl (C=O) groups excluding carboxylic acids is 2. The summed E-state index contributed by atoms with van der Waals surface area (Å²) in [5.74, 6) is -0.860. The highest BCUT2D eigenvalue weighted by molar-refractivity contribution is 6.06. The fourth-order valence-electron chi connectivity index (χ4n) is 3.24. The number of hydrogen-bond donors (Lipinski definition) is 0. The van der Waals surface area contributed by atoms with E-state index in [9.17, 15) is 9.59 Å². The largest absolute Gasteiger partial charge is 0.464 e. The topological polar surface area (TPSA) is 52.6 Å². The van der Waals surface area contributed by atoms with Crippen LogP contribution in [0.1, 0.15) is 32.8 Å². The molecule has 4 heteroatoms. The third-order valence-corrected chi connectivity index (χ3v) is 4.34. The van der Waals surface area contributed by atoms with Crippen molar-refractivity contribution in [2.45, 2.75) is 39.2 Å². The van der Waals surface area contributed by atoms with E-state index in [1.54, 1.807) is 0 Å². The highest BCUT2D eigenvalue weighted by Gasteiger charge is 2.82. The summed E-state index contributed by atoms with van der Waals surface area (Å²) in [5.41, 5.74) is -0.999. The Bertz CT molecular complexity index is 587. The van der Waals surface area contributed by atoms with Gasteiger partial charge in [0.1, 0.15) is 5.60 Å². The predicted octanol–water partition coefficient (Wildman–Crippen LogP) is 2.50. The first-order chi connectivity index (χ1) is 9.79. The van der Waals surface area contributed by atoms with Gasteiger partial charge in [-0.2, -0.15) is 0 Å². The van der Waals surface area contributed by atoms with Crippen LogP contribution >= 0.6 is 0 Å². The van der Waals surface area contributed by atoms with Gasteiger partial charge in [0, 0.05) is 5.41 Å². The fourth-order valence-corrected chi connectivity index (χ4v) is 3.24. The Labute approximate surface area is 124 Å². The third-order valence-electron chi connectivity index (χ3n) is 4.34. The SMILES string of the molecule is CC(C)(C)OC(=O)C12CC1(Cc1ccccc1)COC2=O. The van der Waals surface area contributed by atoms with Gasteiger partial charge >= 0.3 is 11.9 Å². The van der Waals surface area contributed by atoms with E-state index in [-0.39, 0.29) is 0 Å². The van der Waals surface area contributed by atoms with Crippen molar-refractivity contribution in [3.8, 4) is 0 Å². The van der Waals surface area contributed by atoms with Crippen LogP contribution in [0.15, 0.2) is 30.3 Å². The van der Waals surface area contributed by atoms with E-state index in [0.29, 0.717) is 19.4 Å². The average Bonchev–Trinajstić information content (AvgIpc) is 2.98. The van der Waals surface area contributed by atoms with E-state index in [1.807, 2.05) is 51.1 Å². The van der Waals surface area contributed by atoms with Gasteiger partial charge in [0.25, 0.3) is 0 Å². The minimum Gasteiger partial charge on any atom is -0.464 e. The predicted molar refractivity (Wildman–Crippen MR) is 76.4 cm³/mol. The molecule has 2 aliphatic rings. The quantitative estimate of drug-likeness (QED) is 0.633. The summed E-state index contributed by atoms with van der Waals surface area (Å²) in [4.78, 5) is 24.6. The monoisotopic (exact) mass is 288 g/mol. The second-order valence-corrected chi connectivity index (χ2v) is 7.10. The lowest BCUT2D eigenvalue weighted by Gasteiger charge is -2.22. The van der Waals surface area contributed by atoms with E-state index in [4.69, 9.17) is 9.47 Å². The minimum atomic E-state index is -1.09. The van der Waals surface area contributed by atoms with Crippen molar-refractivity contribution in [1.82, 2.24) is 0 Å². The van der Waals surface area contributed by atoms with Gasteiger partial charge in [0.15, 0.2) is 5.41 Å². The molecule has 112 valence electrons.